The van der Waals surface area contributed by atoms with Crippen LogP contribution in [-0.4, -0.2) is 71.6 Å². The topological polar surface area (TPSA) is 94.2 Å². The van der Waals surface area contributed by atoms with E-state index in [0.29, 0.717) is 51.3 Å². The van der Waals surface area contributed by atoms with Crippen LogP contribution in [0.3, 0.4) is 0 Å². The number of ether oxygens (including phenoxy) is 3. The molecule has 0 atom stereocenters. The number of nitrogens with one attached hydrogen (secondary N) is 1. The van der Waals surface area contributed by atoms with Crippen molar-refractivity contribution in [1.29, 1.82) is 0 Å². The summed E-state index contributed by atoms with van der Waals surface area (Å²) >= 11 is 0. The van der Waals surface area contributed by atoms with E-state index >= 15 is 0 Å². The number of benzene rings is 1. The quantitative estimate of drug-likeness (QED) is 0.722. The van der Waals surface area contributed by atoms with Gasteiger partial charge in [-0.05, 0) is 24.3 Å². The van der Waals surface area contributed by atoms with E-state index in [9.17, 15) is 13.2 Å². The summed E-state index contributed by atoms with van der Waals surface area (Å²) in [5, 5.41) is 0. The number of carbonyl (C=O) groups is 1. The van der Waals surface area contributed by atoms with Gasteiger partial charge in [-0.15, -0.1) is 0 Å². The number of nitrogens with zero attached hydrogens (tertiary/aromatic N) is 1. The van der Waals surface area contributed by atoms with Gasteiger partial charge in [-0.3, -0.25) is 4.79 Å². The summed E-state index contributed by atoms with van der Waals surface area (Å²) in [7, 11) is -2.10. The highest BCUT2D eigenvalue weighted by molar-refractivity contribution is 7.89. The molecule has 2 aliphatic heterocycles. The molecule has 2 saturated heterocycles. The zero-order valence-corrected chi connectivity index (χ0v) is 15.6. The fourth-order valence-corrected chi connectivity index (χ4v) is 4.17. The van der Waals surface area contributed by atoms with Crippen molar-refractivity contribution in [2.75, 3.05) is 46.6 Å². The standard InChI is InChI=1S/C17H24N2O6S/c1-23-11-8-18-26(21,22)15-4-2-14(3-5-15)16(20)19-9-6-17(7-10-19)24-12-13-25-17/h2-5,18H,6-13H2,1H3. The van der Waals surface area contributed by atoms with Gasteiger partial charge in [-0.25, -0.2) is 13.1 Å². The van der Waals surface area contributed by atoms with Gasteiger partial charge < -0.3 is 19.1 Å². The van der Waals surface area contributed by atoms with Gasteiger partial charge in [-0.2, -0.15) is 0 Å². The number of piperidine rings is 1. The van der Waals surface area contributed by atoms with Gasteiger partial charge in [0.25, 0.3) is 5.91 Å². The van der Waals surface area contributed by atoms with Crippen LogP contribution in [0.25, 0.3) is 0 Å². The van der Waals surface area contributed by atoms with Crippen molar-refractivity contribution in [2.45, 2.75) is 23.5 Å². The molecule has 144 valence electrons. The molecule has 1 aromatic carbocycles. The second-order valence-corrected chi connectivity index (χ2v) is 8.08. The molecule has 26 heavy (non-hydrogen) atoms. The summed E-state index contributed by atoms with van der Waals surface area (Å²) in [6, 6.07) is 5.97. The van der Waals surface area contributed by atoms with Crippen LogP contribution in [0, 0.1) is 0 Å². The predicted molar refractivity (Wildman–Crippen MR) is 93.3 cm³/mol. The van der Waals surface area contributed by atoms with Crippen LogP contribution in [0.2, 0.25) is 0 Å². The van der Waals surface area contributed by atoms with Crippen molar-refractivity contribution >= 4 is 15.9 Å². The highest BCUT2D eigenvalue weighted by atomic mass is 32.2. The Labute approximate surface area is 153 Å². The van der Waals surface area contributed by atoms with Gasteiger partial charge in [0.15, 0.2) is 5.79 Å². The van der Waals surface area contributed by atoms with Gasteiger partial charge in [0.1, 0.15) is 0 Å². The fraction of sp³-hybridized carbons (Fsp3) is 0.588. The number of likely N-dealkylation sites (tertiary alicyclic amines) is 1. The molecule has 9 heteroatoms. The third kappa shape index (κ3) is 4.24. The van der Waals surface area contributed by atoms with Crippen molar-refractivity contribution in [3.63, 3.8) is 0 Å². The molecule has 0 unspecified atom stereocenters. The molecule has 8 nitrogen and oxygen atoms in total. The van der Waals surface area contributed by atoms with E-state index in [1.54, 1.807) is 17.0 Å². The van der Waals surface area contributed by atoms with E-state index in [2.05, 4.69) is 4.72 Å². The molecule has 1 spiro atoms. The van der Waals surface area contributed by atoms with E-state index in [1.165, 1.54) is 19.2 Å². The lowest BCUT2D eigenvalue weighted by Gasteiger charge is -2.37. The minimum absolute atomic E-state index is 0.117. The molecule has 3 rings (SSSR count). The first kappa shape index (κ1) is 19.2. The van der Waals surface area contributed by atoms with E-state index in [4.69, 9.17) is 14.2 Å². The zero-order valence-electron chi connectivity index (χ0n) is 14.8. The molecule has 2 heterocycles. The Kier molecular flexibility index (Phi) is 5.93. The SMILES string of the molecule is COCCNS(=O)(=O)c1ccc(C(=O)N2CCC3(CC2)OCCO3)cc1. The van der Waals surface area contributed by atoms with Gasteiger partial charge >= 0.3 is 0 Å². The predicted octanol–water partition coefficient (Wildman–Crippen LogP) is 0.590. The van der Waals surface area contributed by atoms with Crippen LogP contribution in [0.5, 0.6) is 0 Å². The van der Waals surface area contributed by atoms with Crippen LogP contribution >= 0.6 is 0 Å². The Hall–Kier alpha value is -1.52. The minimum Gasteiger partial charge on any atom is -0.383 e. The third-order valence-corrected chi connectivity index (χ3v) is 6.11. The van der Waals surface area contributed by atoms with Crippen LogP contribution in [0.15, 0.2) is 29.2 Å². The first-order chi connectivity index (χ1) is 12.5. The number of methoxy groups -OCH3 is 1. The molecule has 1 amide bonds. The molecule has 0 radical (unpaired) electrons. The van der Waals surface area contributed by atoms with Gasteiger partial charge in [0.05, 0.1) is 24.7 Å². The number of rotatable bonds is 6. The molecule has 2 aliphatic rings. The Morgan fingerprint density at radius 1 is 1.19 bits per heavy atom. The van der Waals surface area contributed by atoms with Gasteiger partial charge in [-0.1, -0.05) is 0 Å². The van der Waals surface area contributed by atoms with E-state index < -0.39 is 15.8 Å². The highest BCUT2D eigenvalue weighted by Gasteiger charge is 2.40. The normalized spacial score (nSPS) is 19.8. The highest BCUT2D eigenvalue weighted by Crippen LogP contribution is 2.31. The van der Waals surface area contributed by atoms with E-state index in [0.717, 1.165) is 0 Å². The number of hydrogen-bond donors (Lipinski definition) is 1. The monoisotopic (exact) mass is 384 g/mol. The maximum absolute atomic E-state index is 12.6. The zero-order chi connectivity index (χ0) is 18.6. The maximum atomic E-state index is 12.6. The van der Waals surface area contributed by atoms with E-state index in [1.807, 2.05) is 0 Å². The van der Waals surface area contributed by atoms with Gasteiger partial charge in [0, 0.05) is 45.1 Å². The molecule has 2 fully saturated rings. The molecule has 0 bridgehead atoms. The largest absolute Gasteiger partial charge is 0.383 e. The van der Waals surface area contributed by atoms with Crippen LogP contribution in [0.1, 0.15) is 23.2 Å². The second kappa shape index (κ2) is 8.01. The minimum atomic E-state index is -3.60. The molecule has 0 aromatic heterocycles. The van der Waals surface area contributed by atoms with Crippen molar-refractivity contribution in [3.05, 3.63) is 29.8 Å². The lowest BCUT2D eigenvalue weighted by atomic mass is 10.0. The molecular formula is C17H24N2O6S. The Morgan fingerprint density at radius 3 is 2.38 bits per heavy atom. The van der Waals surface area contributed by atoms with Gasteiger partial charge in [0.2, 0.25) is 10.0 Å². The summed E-state index contributed by atoms with van der Waals surface area (Å²) in [6.45, 7) is 2.79. The Morgan fingerprint density at radius 2 is 1.81 bits per heavy atom. The van der Waals surface area contributed by atoms with Crippen LogP contribution in [0.4, 0.5) is 0 Å². The van der Waals surface area contributed by atoms with Crippen LogP contribution < -0.4 is 4.72 Å². The smallest absolute Gasteiger partial charge is 0.253 e. The average Bonchev–Trinajstić information content (AvgIpc) is 3.10. The number of sulfonamides is 1. The van der Waals surface area contributed by atoms with E-state index in [-0.39, 0.29) is 17.3 Å². The summed E-state index contributed by atoms with van der Waals surface area (Å²) in [4.78, 5) is 14.5. The molecule has 1 N–H and O–H groups in total. The van der Waals surface area contributed by atoms with Crippen molar-refractivity contribution in [2.24, 2.45) is 0 Å². The molecule has 0 aliphatic carbocycles. The first-order valence-corrected chi connectivity index (χ1v) is 10.1. The summed E-state index contributed by atoms with van der Waals surface area (Å²) in [6.07, 6.45) is 1.29. The number of hydrogen-bond acceptors (Lipinski definition) is 6. The maximum Gasteiger partial charge on any atom is 0.253 e. The summed E-state index contributed by atoms with van der Waals surface area (Å²) < 4.78 is 42.9. The molecule has 1 aromatic rings. The van der Waals surface area contributed by atoms with Crippen molar-refractivity contribution in [1.82, 2.24) is 9.62 Å². The number of carbonyl (C=O) groups excluding carboxylic acids is 1. The van der Waals surface area contributed by atoms with Crippen molar-refractivity contribution in [3.8, 4) is 0 Å². The molecule has 0 saturated carbocycles. The summed E-state index contributed by atoms with van der Waals surface area (Å²) in [5.74, 6) is -0.642. The Balaban J connectivity index is 1.60. The first-order valence-electron chi connectivity index (χ1n) is 8.62. The van der Waals surface area contributed by atoms with Crippen LogP contribution in [-0.2, 0) is 24.2 Å². The molecular weight excluding hydrogens is 360 g/mol. The van der Waals surface area contributed by atoms with Crippen molar-refractivity contribution < 1.29 is 27.4 Å². The fourth-order valence-electron chi connectivity index (χ4n) is 3.16. The Bertz CT molecular complexity index is 718. The summed E-state index contributed by atoms with van der Waals surface area (Å²) in [5.41, 5.74) is 0.463. The lowest BCUT2D eigenvalue weighted by molar-refractivity contribution is -0.181. The lowest BCUT2D eigenvalue weighted by Crippen LogP contribution is -2.47. The average molecular weight is 384 g/mol. The number of amides is 1. The third-order valence-electron chi connectivity index (χ3n) is 4.64. The second-order valence-electron chi connectivity index (χ2n) is 6.31.